The van der Waals surface area contributed by atoms with Gasteiger partial charge >= 0.3 is 0 Å². The largest absolute Gasteiger partial charge is 0.494 e. The van der Waals surface area contributed by atoms with Crippen LogP contribution in [0.4, 0.5) is 0 Å². The van der Waals surface area contributed by atoms with E-state index in [9.17, 15) is 4.79 Å². The van der Waals surface area contributed by atoms with Crippen molar-refractivity contribution in [1.82, 2.24) is 4.90 Å². The Bertz CT molecular complexity index is 464. The highest BCUT2D eigenvalue weighted by molar-refractivity contribution is 6.17. The smallest absolute Gasteiger partial charge is 0.254 e. The van der Waals surface area contributed by atoms with Crippen molar-refractivity contribution in [2.75, 3.05) is 19.0 Å². The van der Waals surface area contributed by atoms with E-state index in [1.54, 1.807) is 0 Å². The van der Waals surface area contributed by atoms with Gasteiger partial charge in [-0.15, -0.1) is 11.6 Å². The molecule has 21 heavy (non-hydrogen) atoms. The van der Waals surface area contributed by atoms with Gasteiger partial charge in [0.25, 0.3) is 5.91 Å². The van der Waals surface area contributed by atoms with Crippen molar-refractivity contribution >= 4 is 17.5 Å². The van der Waals surface area contributed by atoms with Crippen molar-refractivity contribution in [2.24, 2.45) is 0 Å². The van der Waals surface area contributed by atoms with Crippen molar-refractivity contribution in [2.45, 2.75) is 45.1 Å². The summed E-state index contributed by atoms with van der Waals surface area (Å²) in [7, 11) is 0. The number of carbonyl (C=O) groups excluding carboxylic acids is 1. The molecule has 4 heteroatoms. The third-order valence-electron chi connectivity index (χ3n) is 3.86. The molecular weight excluding hydrogens is 286 g/mol. The molecule has 0 aliphatic carbocycles. The molecule has 0 radical (unpaired) electrons. The lowest BCUT2D eigenvalue weighted by molar-refractivity contribution is 0.0729. The van der Waals surface area contributed by atoms with Gasteiger partial charge < -0.3 is 9.64 Å². The van der Waals surface area contributed by atoms with Gasteiger partial charge in [-0.1, -0.05) is 13.0 Å². The number of rotatable bonds is 7. The minimum absolute atomic E-state index is 0.119. The van der Waals surface area contributed by atoms with Gasteiger partial charge in [0.1, 0.15) is 5.75 Å². The zero-order chi connectivity index (χ0) is 15.1. The van der Waals surface area contributed by atoms with Crippen LogP contribution in [0.5, 0.6) is 5.75 Å². The number of amides is 1. The molecule has 1 heterocycles. The summed E-state index contributed by atoms with van der Waals surface area (Å²) >= 11 is 5.77. The molecule has 1 aliphatic rings. The Morgan fingerprint density at radius 1 is 1.48 bits per heavy atom. The van der Waals surface area contributed by atoms with Crippen LogP contribution in [0, 0.1) is 0 Å². The standard InChI is InChI=1S/C17H24ClNO2/c1-2-12-21-16-9-3-6-14(13-16)17(20)19-11-5-8-15(19)7-4-10-18/h3,6,9,13,15H,2,4-5,7-8,10-12H2,1H3. The van der Waals surface area contributed by atoms with Crippen LogP contribution in [-0.4, -0.2) is 35.9 Å². The molecule has 0 saturated carbocycles. The minimum Gasteiger partial charge on any atom is -0.494 e. The molecule has 2 rings (SSSR count). The number of alkyl halides is 1. The van der Waals surface area contributed by atoms with Gasteiger partial charge in [-0.3, -0.25) is 4.79 Å². The Morgan fingerprint density at radius 3 is 3.10 bits per heavy atom. The van der Waals surface area contributed by atoms with E-state index in [1.165, 1.54) is 0 Å². The highest BCUT2D eigenvalue weighted by Crippen LogP contribution is 2.25. The first-order valence-corrected chi connectivity index (χ1v) is 8.39. The normalized spacial score (nSPS) is 18.0. The third kappa shape index (κ3) is 4.37. The Kier molecular flexibility index (Phi) is 6.37. The molecule has 3 nitrogen and oxygen atoms in total. The zero-order valence-electron chi connectivity index (χ0n) is 12.7. The first kappa shape index (κ1) is 16.2. The number of benzene rings is 1. The van der Waals surface area contributed by atoms with Gasteiger partial charge in [0.2, 0.25) is 0 Å². The molecular formula is C17H24ClNO2. The van der Waals surface area contributed by atoms with E-state index in [-0.39, 0.29) is 5.91 Å². The van der Waals surface area contributed by atoms with Crippen molar-refractivity contribution in [3.05, 3.63) is 29.8 Å². The molecule has 1 amide bonds. The average Bonchev–Trinajstić information content (AvgIpc) is 2.98. The van der Waals surface area contributed by atoms with Crippen LogP contribution in [0.3, 0.4) is 0 Å². The fourth-order valence-electron chi connectivity index (χ4n) is 2.82. The summed E-state index contributed by atoms with van der Waals surface area (Å²) in [6.45, 7) is 3.60. The SMILES string of the molecule is CCCOc1cccc(C(=O)N2CCCC2CCCCl)c1. The van der Waals surface area contributed by atoms with E-state index in [1.807, 2.05) is 29.2 Å². The minimum atomic E-state index is 0.119. The third-order valence-corrected chi connectivity index (χ3v) is 4.13. The Balaban J connectivity index is 2.04. The van der Waals surface area contributed by atoms with Crippen molar-refractivity contribution < 1.29 is 9.53 Å². The first-order chi connectivity index (χ1) is 10.3. The van der Waals surface area contributed by atoms with E-state index >= 15 is 0 Å². The highest BCUT2D eigenvalue weighted by Gasteiger charge is 2.28. The second-order valence-corrected chi connectivity index (χ2v) is 5.88. The van der Waals surface area contributed by atoms with Crippen molar-refractivity contribution in [3.63, 3.8) is 0 Å². The number of hydrogen-bond donors (Lipinski definition) is 0. The molecule has 0 N–H and O–H groups in total. The second-order valence-electron chi connectivity index (χ2n) is 5.50. The number of halogens is 1. The van der Waals surface area contributed by atoms with Crippen LogP contribution in [0.2, 0.25) is 0 Å². The first-order valence-electron chi connectivity index (χ1n) is 7.86. The van der Waals surface area contributed by atoms with Crippen LogP contribution in [-0.2, 0) is 0 Å². The molecule has 1 aliphatic heterocycles. The van der Waals surface area contributed by atoms with E-state index in [0.29, 0.717) is 18.5 Å². The maximum absolute atomic E-state index is 12.7. The van der Waals surface area contributed by atoms with E-state index < -0.39 is 0 Å². The van der Waals surface area contributed by atoms with Crippen LogP contribution >= 0.6 is 11.6 Å². The predicted octanol–water partition coefficient (Wildman–Crippen LogP) is 4.10. The topological polar surface area (TPSA) is 29.5 Å². The lowest BCUT2D eigenvalue weighted by Gasteiger charge is -2.24. The summed E-state index contributed by atoms with van der Waals surface area (Å²) in [5, 5.41) is 0. The van der Waals surface area contributed by atoms with Crippen LogP contribution in [0.25, 0.3) is 0 Å². The maximum Gasteiger partial charge on any atom is 0.254 e. The maximum atomic E-state index is 12.7. The Morgan fingerprint density at radius 2 is 2.33 bits per heavy atom. The summed E-state index contributed by atoms with van der Waals surface area (Å²) in [5.74, 6) is 1.56. The van der Waals surface area contributed by atoms with Gasteiger partial charge in [-0.2, -0.15) is 0 Å². The number of likely N-dealkylation sites (tertiary alicyclic amines) is 1. The van der Waals surface area contributed by atoms with E-state index in [0.717, 1.165) is 50.0 Å². The van der Waals surface area contributed by atoms with E-state index in [2.05, 4.69) is 6.92 Å². The Hall–Kier alpha value is -1.22. The van der Waals surface area contributed by atoms with Crippen LogP contribution < -0.4 is 4.74 Å². The number of carbonyl (C=O) groups is 1. The summed E-state index contributed by atoms with van der Waals surface area (Å²) in [5.41, 5.74) is 0.723. The number of nitrogens with zero attached hydrogens (tertiary/aromatic N) is 1. The lowest BCUT2D eigenvalue weighted by Crippen LogP contribution is -2.35. The molecule has 1 aromatic rings. The highest BCUT2D eigenvalue weighted by atomic mass is 35.5. The van der Waals surface area contributed by atoms with Gasteiger partial charge in [0, 0.05) is 24.0 Å². The van der Waals surface area contributed by atoms with E-state index in [4.69, 9.17) is 16.3 Å². The lowest BCUT2D eigenvalue weighted by atomic mass is 10.1. The average molecular weight is 310 g/mol. The molecule has 0 bridgehead atoms. The van der Waals surface area contributed by atoms with Gasteiger partial charge in [-0.05, 0) is 50.3 Å². The monoisotopic (exact) mass is 309 g/mol. The zero-order valence-corrected chi connectivity index (χ0v) is 13.4. The predicted molar refractivity (Wildman–Crippen MR) is 86.2 cm³/mol. The molecule has 1 fully saturated rings. The summed E-state index contributed by atoms with van der Waals surface area (Å²) in [4.78, 5) is 14.7. The van der Waals surface area contributed by atoms with Gasteiger partial charge in [0.05, 0.1) is 6.61 Å². The molecule has 1 atom stereocenters. The summed E-state index contributed by atoms with van der Waals surface area (Å²) < 4.78 is 5.61. The fraction of sp³-hybridized carbons (Fsp3) is 0.588. The van der Waals surface area contributed by atoms with Crippen molar-refractivity contribution in [1.29, 1.82) is 0 Å². The summed E-state index contributed by atoms with van der Waals surface area (Å²) in [6, 6.07) is 7.87. The molecule has 1 saturated heterocycles. The summed E-state index contributed by atoms with van der Waals surface area (Å²) in [6.07, 6.45) is 5.11. The van der Waals surface area contributed by atoms with Gasteiger partial charge in [0.15, 0.2) is 0 Å². The van der Waals surface area contributed by atoms with Gasteiger partial charge in [-0.25, -0.2) is 0 Å². The fourth-order valence-corrected chi connectivity index (χ4v) is 2.97. The molecule has 1 unspecified atom stereocenters. The van der Waals surface area contributed by atoms with Crippen LogP contribution in [0.15, 0.2) is 24.3 Å². The molecule has 0 spiro atoms. The Labute approximate surface area is 132 Å². The quantitative estimate of drug-likeness (QED) is 0.710. The molecule has 116 valence electrons. The molecule has 0 aromatic heterocycles. The number of hydrogen-bond acceptors (Lipinski definition) is 2. The second kappa shape index (κ2) is 8.28. The molecule has 1 aromatic carbocycles. The number of ether oxygens (including phenoxy) is 1. The van der Waals surface area contributed by atoms with Crippen molar-refractivity contribution in [3.8, 4) is 5.75 Å². The van der Waals surface area contributed by atoms with Crippen LogP contribution in [0.1, 0.15) is 49.4 Å².